The largest absolute Gasteiger partial charge is 0.378 e. The van der Waals surface area contributed by atoms with Crippen LogP contribution >= 0.6 is 11.3 Å². The molecule has 1 aliphatic rings. The van der Waals surface area contributed by atoms with Gasteiger partial charge in [0.15, 0.2) is 17.0 Å². The number of ketones is 1. The molecule has 0 unspecified atom stereocenters. The minimum absolute atomic E-state index is 0.0737. The van der Waals surface area contributed by atoms with Gasteiger partial charge < -0.3 is 14.2 Å². The minimum atomic E-state index is -0.123. The third kappa shape index (κ3) is 4.73. The number of aromatic nitrogens is 5. The number of hydrogen-bond donors (Lipinski definition) is 1. The van der Waals surface area contributed by atoms with Crippen molar-refractivity contribution in [3.8, 4) is 0 Å². The second-order valence-corrected chi connectivity index (χ2v) is 8.79. The first-order valence-corrected chi connectivity index (χ1v) is 11.3. The van der Waals surface area contributed by atoms with Crippen LogP contribution in [0.2, 0.25) is 0 Å². The van der Waals surface area contributed by atoms with Gasteiger partial charge in [-0.1, -0.05) is 6.07 Å². The summed E-state index contributed by atoms with van der Waals surface area (Å²) in [6.07, 6.45) is 4.95. The highest BCUT2D eigenvalue weighted by Crippen LogP contribution is 2.24. The molecule has 11 heteroatoms. The van der Waals surface area contributed by atoms with E-state index in [2.05, 4.69) is 37.3 Å². The monoisotopic (exact) mass is 462 g/mol. The molecule has 1 N–H and O–H groups in total. The molecule has 5 rings (SSSR count). The molecule has 0 saturated carbocycles. The molecule has 33 heavy (non-hydrogen) atoms. The number of morpholine rings is 1. The van der Waals surface area contributed by atoms with Crippen LogP contribution in [-0.2, 0) is 11.3 Å². The number of carbonyl (C=O) groups is 1. The summed E-state index contributed by atoms with van der Waals surface area (Å²) in [5.74, 6) is 0.902. The van der Waals surface area contributed by atoms with Crippen LogP contribution < -0.4 is 10.3 Å². The van der Waals surface area contributed by atoms with Gasteiger partial charge in [0.2, 0.25) is 11.7 Å². The molecule has 0 bridgehead atoms. The van der Waals surface area contributed by atoms with Gasteiger partial charge in [0.1, 0.15) is 5.69 Å². The maximum Gasteiger partial charge on any atom is 0.229 e. The number of hydrazone groups is 1. The first-order chi connectivity index (χ1) is 16.2. The molecule has 0 aliphatic carbocycles. The van der Waals surface area contributed by atoms with Crippen molar-refractivity contribution in [2.75, 3.05) is 36.6 Å². The quantitative estimate of drug-likeness (QED) is 0.254. The van der Waals surface area contributed by atoms with E-state index < -0.39 is 0 Å². The summed E-state index contributed by atoms with van der Waals surface area (Å²) in [6.45, 7) is 4.71. The highest BCUT2D eigenvalue weighted by molar-refractivity contribution is 7.13. The van der Waals surface area contributed by atoms with Crippen molar-refractivity contribution >= 4 is 46.3 Å². The Morgan fingerprint density at radius 3 is 2.85 bits per heavy atom. The van der Waals surface area contributed by atoms with Crippen molar-refractivity contribution in [3.05, 3.63) is 58.3 Å². The van der Waals surface area contributed by atoms with E-state index in [-0.39, 0.29) is 12.3 Å². The van der Waals surface area contributed by atoms with E-state index in [1.54, 1.807) is 52.8 Å². The Hall–Kier alpha value is -3.70. The van der Waals surface area contributed by atoms with E-state index >= 15 is 0 Å². The molecule has 0 amide bonds. The molecule has 5 heterocycles. The summed E-state index contributed by atoms with van der Waals surface area (Å²) in [5.41, 5.74) is 4.51. The van der Waals surface area contributed by atoms with Gasteiger partial charge in [0, 0.05) is 29.0 Å². The molecule has 0 radical (unpaired) electrons. The molecule has 1 saturated heterocycles. The first-order valence-electron chi connectivity index (χ1n) is 10.5. The lowest BCUT2D eigenvalue weighted by molar-refractivity contribution is 0.0968. The topological polar surface area (TPSA) is 110 Å². The highest BCUT2D eigenvalue weighted by Gasteiger charge is 2.20. The van der Waals surface area contributed by atoms with E-state index in [4.69, 9.17) is 9.72 Å². The normalized spacial score (nSPS) is 14.3. The van der Waals surface area contributed by atoms with Gasteiger partial charge in [-0.25, -0.2) is 4.98 Å². The number of hydrogen-bond acceptors (Lipinski definition) is 10. The van der Waals surface area contributed by atoms with E-state index in [1.807, 2.05) is 12.1 Å². The fourth-order valence-electron chi connectivity index (χ4n) is 3.47. The molecule has 4 aromatic heterocycles. The zero-order valence-electron chi connectivity index (χ0n) is 18.0. The lowest BCUT2D eigenvalue weighted by Gasteiger charge is -2.27. The van der Waals surface area contributed by atoms with Gasteiger partial charge in [-0.05, 0) is 31.2 Å². The average Bonchev–Trinajstić information content (AvgIpc) is 3.46. The number of Topliss-reactive ketones (excluding diaryl/α,β-unsaturated/α-hetero) is 1. The van der Waals surface area contributed by atoms with Crippen molar-refractivity contribution in [2.45, 2.75) is 13.5 Å². The lowest BCUT2D eigenvalue weighted by atomic mass is 10.2. The number of pyridine rings is 1. The smallest absolute Gasteiger partial charge is 0.229 e. The maximum atomic E-state index is 12.7. The molecule has 1 fully saturated rings. The molecule has 0 aromatic carbocycles. The van der Waals surface area contributed by atoms with Gasteiger partial charge in [-0.15, -0.1) is 11.3 Å². The number of fused-ring (bicyclic) bond motifs is 1. The molecule has 168 valence electrons. The van der Waals surface area contributed by atoms with Crippen molar-refractivity contribution in [1.29, 1.82) is 0 Å². The summed E-state index contributed by atoms with van der Waals surface area (Å²) < 4.78 is 7.18. The number of thiophene rings is 1. The van der Waals surface area contributed by atoms with Crippen molar-refractivity contribution in [2.24, 2.45) is 5.10 Å². The zero-order valence-corrected chi connectivity index (χ0v) is 18.8. The second kappa shape index (κ2) is 9.43. The standard InChI is InChI=1S/C22H22N8O2S/c1-15-5-6-16(33-15)12-25-28-20-19-21(27-22(26-20)29-8-10-32-11-9-29)30(14-24-19)13-18(31)17-4-2-3-7-23-17/h2-7,12,14H,8-11,13H2,1H3,(H,26,27,28)/b25-12+. The third-order valence-electron chi connectivity index (χ3n) is 5.13. The molecule has 0 spiro atoms. The van der Waals surface area contributed by atoms with E-state index in [0.717, 1.165) is 4.88 Å². The van der Waals surface area contributed by atoms with Crippen LogP contribution in [0.25, 0.3) is 11.2 Å². The number of ether oxygens (including phenoxy) is 1. The van der Waals surface area contributed by atoms with Gasteiger partial charge in [-0.3, -0.25) is 15.2 Å². The number of anilines is 2. The van der Waals surface area contributed by atoms with Crippen LogP contribution in [0.15, 0.2) is 48.0 Å². The Morgan fingerprint density at radius 2 is 2.09 bits per heavy atom. The fraction of sp³-hybridized carbons (Fsp3) is 0.273. The molecule has 1 aliphatic heterocycles. The van der Waals surface area contributed by atoms with Crippen LogP contribution in [0.4, 0.5) is 11.8 Å². The zero-order chi connectivity index (χ0) is 22.6. The Labute approximate surface area is 194 Å². The Bertz CT molecular complexity index is 1290. The number of rotatable bonds is 7. The summed E-state index contributed by atoms with van der Waals surface area (Å²) >= 11 is 1.65. The Morgan fingerprint density at radius 1 is 1.21 bits per heavy atom. The molecule has 10 nitrogen and oxygen atoms in total. The lowest BCUT2D eigenvalue weighted by Crippen LogP contribution is -2.37. The summed E-state index contributed by atoms with van der Waals surface area (Å²) in [6, 6.07) is 9.33. The maximum absolute atomic E-state index is 12.7. The van der Waals surface area contributed by atoms with Gasteiger partial charge in [-0.2, -0.15) is 15.1 Å². The molecule has 4 aromatic rings. The van der Waals surface area contributed by atoms with Gasteiger partial charge in [0.05, 0.1) is 32.3 Å². The van der Waals surface area contributed by atoms with Crippen LogP contribution in [0.1, 0.15) is 20.2 Å². The summed E-state index contributed by atoms with van der Waals surface area (Å²) in [5, 5.41) is 4.36. The Balaban J connectivity index is 1.48. The van der Waals surface area contributed by atoms with Crippen molar-refractivity contribution < 1.29 is 9.53 Å². The van der Waals surface area contributed by atoms with Crippen molar-refractivity contribution in [1.82, 2.24) is 24.5 Å². The number of aryl methyl sites for hydroxylation is 1. The predicted octanol–water partition coefficient (Wildman–Crippen LogP) is 2.76. The highest BCUT2D eigenvalue weighted by atomic mass is 32.1. The summed E-state index contributed by atoms with van der Waals surface area (Å²) in [7, 11) is 0. The average molecular weight is 463 g/mol. The van der Waals surface area contributed by atoms with Crippen LogP contribution in [0, 0.1) is 6.92 Å². The van der Waals surface area contributed by atoms with E-state index in [1.165, 1.54) is 4.88 Å². The van der Waals surface area contributed by atoms with Gasteiger partial charge in [0.25, 0.3) is 0 Å². The number of imidazole rings is 1. The number of nitrogens with zero attached hydrogens (tertiary/aromatic N) is 7. The first kappa shape index (κ1) is 21.2. The molecule has 0 atom stereocenters. The van der Waals surface area contributed by atoms with Crippen LogP contribution in [-0.4, -0.2) is 62.8 Å². The SMILES string of the molecule is Cc1ccc(/C=N/Nc2nc(N3CCOCC3)nc3c2ncn3CC(=O)c2ccccn2)s1. The second-order valence-electron chi connectivity index (χ2n) is 7.47. The van der Waals surface area contributed by atoms with Crippen LogP contribution in [0.3, 0.4) is 0 Å². The van der Waals surface area contributed by atoms with Crippen molar-refractivity contribution in [3.63, 3.8) is 0 Å². The Kier molecular flexibility index (Phi) is 6.05. The fourth-order valence-corrected chi connectivity index (χ4v) is 4.22. The third-order valence-corrected chi connectivity index (χ3v) is 6.07. The minimum Gasteiger partial charge on any atom is -0.378 e. The number of carbonyl (C=O) groups excluding carboxylic acids is 1. The predicted molar refractivity (Wildman–Crippen MR) is 127 cm³/mol. The van der Waals surface area contributed by atoms with Gasteiger partial charge >= 0.3 is 0 Å². The molecular formula is C22H22N8O2S. The van der Waals surface area contributed by atoms with E-state index in [9.17, 15) is 4.79 Å². The summed E-state index contributed by atoms with van der Waals surface area (Å²) in [4.78, 5) is 35.1. The van der Waals surface area contributed by atoms with Crippen LogP contribution in [0.5, 0.6) is 0 Å². The van der Waals surface area contributed by atoms with E-state index in [0.29, 0.717) is 54.9 Å². The molecular weight excluding hydrogens is 440 g/mol. The number of nitrogens with one attached hydrogen (secondary N) is 1.